The first kappa shape index (κ1) is 13.0. The number of hydrogen-bond donors (Lipinski definition) is 2. The van der Waals surface area contributed by atoms with Gasteiger partial charge < -0.3 is 15.2 Å². The van der Waals surface area contributed by atoms with E-state index in [2.05, 4.69) is 5.32 Å². The lowest BCUT2D eigenvalue weighted by atomic mass is 9.99. The highest BCUT2D eigenvalue weighted by Gasteiger charge is 2.14. The van der Waals surface area contributed by atoms with Crippen molar-refractivity contribution >= 4 is 12.1 Å². The normalized spacial score (nSPS) is 10.1. The van der Waals surface area contributed by atoms with Crippen LogP contribution in [0.5, 0.6) is 5.75 Å². The Morgan fingerprint density at radius 2 is 2.00 bits per heavy atom. The first-order chi connectivity index (χ1) is 7.95. The van der Waals surface area contributed by atoms with E-state index in [1.807, 2.05) is 13.8 Å². The minimum Gasteiger partial charge on any atom is -0.478 e. The smallest absolute Gasteiger partial charge is 0.412 e. The molecule has 1 rings (SSSR count). The number of ether oxygens (including phenoxy) is 1. The SMILES string of the molecule is CNC(=O)Oc1ccc(C(=O)O)cc1C(C)C. The molecule has 5 nitrogen and oxygen atoms in total. The van der Waals surface area contributed by atoms with E-state index in [1.165, 1.54) is 25.2 Å². The Kier molecular flexibility index (Phi) is 4.09. The van der Waals surface area contributed by atoms with Crippen LogP contribution < -0.4 is 10.1 Å². The molecule has 1 amide bonds. The quantitative estimate of drug-likeness (QED) is 0.845. The van der Waals surface area contributed by atoms with Crippen molar-refractivity contribution in [1.82, 2.24) is 5.32 Å². The number of hydrogen-bond acceptors (Lipinski definition) is 3. The first-order valence-corrected chi connectivity index (χ1v) is 5.22. The molecule has 0 aliphatic carbocycles. The van der Waals surface area contributed by atoms with Gasteiger partial charge in [0.05, 0.1) is 5.56 Å². The van der Waals surface area contributed by atoms with Gasteiger partial charge in [-0.05, 0) is 29.7 Å². The third-order valence-corrected chi connectivity index (χ3v) is 2.29. The molecule has 0 heterocycles. The third-order valence-electron chi connectivity index (χ3n) is 2.29. The average Bonchev–Trinajstić information content (AvgIpc) is 2.28. The second-order valence-corrected chi connectivity index (χ2v) is 3.85. The topological polar surface area (TPSA) is 75.6 Å². The highest BCUT2D eigenvalue weighted by molar-refractivity contribution is 5.88. The van der Waals surface area contributed by atoms with Crippen LogP contribution in [0.25, 0.3) is 0 Å². The molecule has 92 valence electrons. The zero-order valence-electron chi connectivity index (χ0n) is 9.98. The van der Waals surface area contributed by atoms with Gasteiger partial charge in [-0.25, -0.2) is 9.59 Å². The van der Waals surface area contributed by atoms with Gasteiger partial charge in [-0.3, -0.25) is 0 Å². The second-order valence-electron chi connectivity index (χ2n) is 3.85. The van der Waals surface area contributed by atoms with E-state index >= 15 is 0 Å². The molecule has 0 atom stereocenters. The van der Waals surface area contributed by atoms with E-state index in [1.54, 1.807) is 0 Å². The maximum Gasteiger partial charge on any atom is 0.412 e. The summed E-state index contributed by atoms with van der Waals surface area (Å²) in [5, 5.41) is 11.2. The molecule has 5 heteroatoms. The Labute approximate surface area is 99.4 Å². The summed E-state index contributed by atoms with van der Waals surface area (Å²) in [5.74, 6) is -0.559. The molecular formula is C12H15NO4. The van der Waals surface area contributed by atoms with Crippen molar-refractivity contribution in [2.24, 2.45) is 0 Å². The standard InChI is InChI=1S/C12H15NO4/c1-7(2)9-6-8(11(14)15)4-5-10(9)17-12(16)13-3/h4-7H,1-3H3,(H,13,16)(H,14,15). The summed E-state index contributed by atoms with van der Waals surface area (Å²) in [4.78, 5) is 22.0. The lowest BCUT2D eigenvalue weighted by molar-refractivity contribution is 0.0696. The predicted molar refractivity (Wildman–Crippen MR) is 62.6 cm³/mol. The summed E-state index contributed by atoms with van der Waals surface area (Å²) < 4.78 is 5.05. The number of carbonyl (C=O) groups is 2. The van der Waals surface area contributed by atoms with Crippen LogP contribution in [-0.4, -0.2) is 24.2 Å². The molecule has 0 bridgehead atoms. The van der Waals surface area contributed by atoms with Crippen LogP contribution >= 0.6 is 0 Å². The van der Waals surface area contributed by atoms with E-state index in [9.17, 15) is 9.59 Å². The molecule has 0 fully saturated rings. The molecule has 0 aliphatic rings. The largest absolute Gasteiger partial charge is 0.478 e. The Balaban J connectivity index is 3.13. The maximum atomic E-state index is 11.1. The van der Waals surface area contributed by atoms with Gasteiger partial charge in [-0.1, -0.05) is 13.8 Å². The first-order valence-electron chi connectivity index (χ1n) is 5.22. The molecule has 0 saturated heterocycles. The molecular weight excluding hydrogens is 222 g/mol. The fraction of sp³-hybridized carbons (Fsp3) is 0.333. The predicted octanol–water partition coefficient (Wildman–Crippen LogP) is 2.23. The molecule has 1 aromatic carbocycles. The number of benzene rings is 1. The van der Waals surface area contributed by atoms with Gasteiger partial charge in [0.25, 0.3) is 0 Å². The molecule has 0 aliphatic heterocycles. The molecule has 0 aromatic heterocycles. The van der Waals surface area contributed by atoms with Gasteiger partial charge in [0, 0.05) is 7.05 Å². The molecule has 0 radical (unpaired) electrons. The van der Waals surface area contributed by atoms with Crippen LogP contribution in [0.3, 0.4) is 0 Å². The van der Waals surface area contributed by atoms with Gasteiger partial charge in [0.15, 0.2) is 0 Å². The van der Waals surface area contributed by atoms with E-state index in [0.29, 0.717) is 11.3 Å². The second kappa shape index (κ2) is 5.34. The van der Waals surface area contributed by atoms with Gasteiger partial charge in [0.2, 0.25) is 0 Å². The number of rotatable bonds is 3. The molecule has 1 aromatic rings. The zero-order valence-corrected chi connectivity index (χ0v) is 9.98. The average molecular weight is 237 g/mol. The number of amides is 1. The van der Waals surface area contributed by atoms with Crippen molar-refractivity contribution in [2.75, 3.05) is 7.05 Å². The summed E-state index contributed by atoms with van der Waals surface area (Å²) in [6.07, 6.45) is -0.574. The lowest BCUT2D eigenvalue weighted by Gasteiger charge is -2.13. The van der Waals surface area contributed by atoms with E-state index < -0.39 is 12.1 Å². The fourth-order valence-corrected chi connectivity index (χ4v) is 1.38. The van der Waals surface area contributed by atoms with Gasteiger partial charge >= 0.3 is 12.1 Å². The highest BCUT2D eigenvalue weighted by atomic mass is 16.6. The van der Waals surface area contributed by atoms with Gasteiger partial charge in [-0.2, -0.15) is 0 Å². The summed E-state index contributed by atoms with van der Waals surface area (Å²) in [6, 6.07) is 4.42. The fourth-order valence-electron chi connectivity index (χ4n) is 1.38. The van der Waals surface area contributed by atoms with E-state index in [0.717, 1.165) is 0 Å². The van der Waals surface area contributed by atoms with Crippen molar-refractivity contribution in [3.8, 4) is 5.75 Å². The Morgan fingerprint density at radius 1 is 1.35 bits per heavy atom. The van der Waals surface area contributed by atoms with Crippen molar-refractivity contribution in [3.63, 3.8) is 0 Å². The van der Waals surface area contributed by atoms with Crippen LogP contribution in [0.15, 0.2) is 18.2 Å². The van der Waals surface area contributed by atoms with E-state index in [4.69, 9.17) is 9.84 Å². The number of carbonyl (C=O) groups excluding carboxylic acids is 1. The zero-order chi connectivity index (χ0) is 13.0. The van der Waals surface area contributed by atoms with Crippen LogP contribution in [0.1, 0.15) is 35.7 Å². The summed E-state index contributed by atoms with van der Waals surface area (Å²) >= 11 is 0. The minimum absolute atomic E-state index is 0.0638. The van der Waals surface area contributed by atoms with Crippen molar-refractivity contribution in [2.45, 2.75) is 19.8 Å². The summed E-state index contributed by atoms with van der Waals surface area (Å²) in [5.41, 5.74) is 0.867. The van der Waals surface area contributed by atoms with E-state index in [-0.39, 0.29) is 11.5 Å². The number of aromatic carboxylic acids is 1. The lowest BCUT2D eigenvalue weighted by Crippen LogP contribution is -2.22. The number of carboxylic acids is 1. The highest BCUT2D eigenvalue weighted by Crippen LogP contribution is 2.27. The molecule has 0 spiro atoms. The van der Waals surface area contributed by atoms with Crippen LogP contribution in [0.4, 0.5) is 4.79 Å². The van der Waals surface area contributed by atoms with Gasteiger partial charge in [-0.15, -0.1) is 0 Å². The molecule has 0 unspecified atom stereocenters. The third kappa shape index (κ3) is 3.21. The maximum absolute atomic E-state index is 11.1. The van der Waals surface area contributed by atoms with Crippen LogP contribution in [0.2, 0.25) is 0 Å². The minimum atomic E-state index is -1.00. The summed E-state index contributed by atoms with van der Waals surface area (Å²) in [7, 11) is 1.46. The summed E-state index contributed by atoms with van der Waals surface area (Å²) in [6.45, 7) is 3.80. The van der Waals surface area contributed by atoms with Gasteiger partial charge in [0.1, 0.15) is 5.75 Å². The Hall–Kier alpha value is -2.04. The number of nitrogens with one attached hydrogen (secondary N) is 1. The van der Waals surface area contributed by atoms with Crippen molar-refractivity contribution < 1.29 is 19.4 Å². The number of carboxylic acid groups (broad SMARTS) is 1. The van der Waals surface area contributed by atoms with Crippen LogP contribution in [-0.2, 0) is 0 Å². The molecule has 0 saturated carbocycles. The van der Waals surface area contributed by atoms with Crippen molar-refractivity contribution in [1.29, 1.82) is 0 Å². The van der Waals surface area contributed by atoms with Crippen LogP contribution in [0, 0.1) is 0 Å². The van der Waals surface area contributed by atoms with Crippen molar-refractivity contribution in [3.05, 3.63) is 29.3 Å². The monoisotopic (exact) mass is 237 g/mol. The molecule has 2 N–H and O–H groups in total. The molecule has 17 heavy (non-hydrogen) atoms. The Bertz CT molecular complexity index is 440. The Morgan fingerprint density at radius 3 is 2.47 bits per heavy atom.